The van der Waals surface area contributed by atoms with Gasteiger partial charge >= 0.3 is 0 Å². The van der Waals surface area contributed by atoms with Gasteiger partial charge in [0.15, 0.2) is 0 Å². The molecule has 0 aliphatic carbocycles. The summed E-state index contributed by atoms with van der Waals surface area (Å²) in [6, 6.07) is 13.0. The van der Waals surface area contributed by atoms with Gasteiger partial charge in [0.25, 0.3) is 0 Å². The molecule has 1 heterocycles. The van der Waals surface area contributed by atoms with E-state index in [2.05, 4.69) is 10.2 Å². The minimum Gasteiger partial charge on any atom is -0.326 e. The molecule has 3 nitrogen and oxygen atoms in total. The van der Waals surface area contributed by atoms with Crippen LogP contribution >= 0.6 is 34.8 Å². The molecule has 132 valence electrons. The van der Waals surface area contributed by atoms with Crippen LogP contribution in [-0.2, 0) is 11.3 Å². The molecule has 1 atom stereocenters. The van der Waals surface area contributed by atoms with Gasteiger partial charge in [-0.2, -0.15) is 0 Å². The zero-order chi connectivity index (χ0) is 17.8. The van der Waals surface area contributed by atoms with Crippen molar-refractivity contribution in [1.29, 1.82) is 0 Å². The second-order valence-electron chi connectivity index (χ2n) is 6.32. The molecule has 1 aliphatic heterocycles. The van der Waals surface area contributed by atoms with E-state index in [1.54, 1.807) is 18.2 Å². The topological polar surface area (TPSA) is 32.3 Å². The van der Waals surface area contributed by atoms with E-state index in [9.17, 15) is 4.79 Å². The first-order valence-corrected chi connectivity index (χ1v) is 9.37. The highest BCUT2D eigenvalue weighted by molar-refractivity contribution is 6.42. The Balaban J connectivity index is 1.59. The summed E-state index contributed by atoms with van der Waals surface area (Å²) in [6.45, 7) is 2.57. The van der Waals surface area contributed by atoms with E-state index in [1.165, 1.54) is 5.56 Å². The zero-order valence-corrected chi connectivity index (χ0v) is 15.9. The summed E-state index contributed by atoms with van der Waals surface area (Å²) < 4.78 is 0. The highest BCUT2D eigenvalue weighted by Gasteiger charge is 2.26. The molecule has 1 fully saturated rings. The number of likely N-dealkylation sites (tertiary alicyclic amines) is 1. The number of anilines is 1. The van der Waals surface area contributed by atoms with Crippen LogP contribution < -0.4 is 5.32 Å². The average Bonchev–Trinajstić information content (AvgIpc) is 2.60. The van der Waals surface area contributed by atoms with E-state index >= 15 is 0 Å². The molecule has 2 aromatic carbocycles. The van der Waals surface area contributed by atoms with Crippen molar-refractivity contribution in [3.05, 3.63) is 63.1 Å². The molecule has 0 saturated carbocycles. The second kappa shape index (κ2) is 8.41. The van der Waals surface area contributed by atoms with E-state index in [0.717, 1.165) is 37.5 Å². The van der Waals surface area contributed by atoms with Crippen LogP contribution in [0.5, 0.6) is 0 Å². The highest BCUT2D eigenvalue weighted by Crippen LogP contribution is 2.26. The molecule has 25 heavy (non-hydrogen) atoms. The Bertz CT molecular complexity index is 749. The Hall–Kier alpha value is -1.26. The molecule has 6 heteroatoms. The molecule has 1 N–H and O–H groups in total. The van der Waals surface area contributed by atoms with Crippen molar-refractivity contribution in [3.8, 4) is 0 Å². The number of hydrogen-bond acceptors (Lipinski definition) is 2. The van der Waals surface area contributed by atoms with Gasteiger partial charge in [-0.15, -0.1) is 0 Å². The Kier molecular flexibility index (Phi) is 6.24. The van der Waals surface area contributed by atoms with Gasteiger partial charge in [0, 0.05) is 23.8 Å². The van der Waals surface area contributed by atoms with Gasteiger partial charge < -0.3 is 5.32 Å². The fourth-order valence-electron chi connectivity index (χ4n) is 3.08. The standard InChI is InChI=1S/C19H19Cl3N2O/c20-15-5-3-13(4-6-15)11-24-9-1-2-14(12-24)19(25)23-16-7-8-17(21)18(22)10-16/h3-8,10,14H,1-2,9,11-12H2,(H,23,25). The largest absolute Gasteiger partial charge is 0.326 e. The van der Waals surface area contributed by atoms with E-state index in [1.807, 2.05) is 24.3 Å². The third kappa shape index (κ3) is 5.11. The quantitative estimate of drug-likeness (QED) is 0.739. The molecule has 0 radical (unpaired) electrons. The van der Waals surface area contributed by atoms with Crippen molar-refractivity contribution >= 4 is 46.4 Å². The van der Waals surface area contributed by atoms with Crippen LogP contribution in [0.3, 0.4) is 0 Å². The van der Waals surface area contributed by atoms with Gasteiger partial charge in [0.05, 0.1) is 16.0 Å². The monoisotopic (exact) mass is 396 g/mol. The fraction of sp³-hybridized carbons (Fsp3) is 0.316. The molecule has 3 rings (SSSR count). The maximum absolute atomic E-state index is 12.6. The summed E-state index contributed by atoms with van der Waals surface area (Å²) in [5.74, 6) is -0.00491. The van der Waals surface area contributed by atoms with Crippen molar-refractivity contribution in [1.82, 2.24) is 4.90 Å². The molecular formula is C19H19Cl3N2O. The SMILES string of the molecule is O=C(Nc1ccc(Cl)c(Cl)c1)C1CCCN(Cc2ccc(Cl)cc2)C1. The summed E-state index contributed by atoms with van der Waals surface area (Å²) in [7, 11) is 0. The van der Waals surface area contributed by atoms with Gasteiger partial charge in [-0.25, -0.2) is 0 Å². The summed E-state index contributed by atoms with van der Waals surface area (Å²) in [4.78, 5) is 14.9. The first-order chi connectivity index (χ1) is 12.0. The third-order valence-corrected chi connectivity index (χ3v) is 5.37. The number of benzene rings is 2. The lowest BCUT2D eigenvalue weighted by Gasteiger charge is -2.32. The molecular weight excluding hydrogens is 379 g/mol. The Morgan fingerprint density at radius 2 is 1.84 bits per heavy atom. The molecule has 0 spiro atoms. The van der Waals surface area contributed by atoms with Crippen molar-refractivity contribution in [2.24, 2.45) is 5.92 Å². The Morgan fingerprint density at radius 3 is 2.56 bits per heavy atom. The van der Waals surface area contributed by atoms with E-state index in [4.69, 9.17) is 34.8 Å². The molecule has 1 unspecified atom stereocenters. The number of nitrogens with zero attached hydrogens (tertiary/aromatic N) is 1. The lowest BCUT2D eigenvalue weighted by atomic mass is 9.96. The van der Waals surface area contributed by atoms with Gasteiger partial charge in [-0.1, -0.05) is 46.9 Å². The van der Waals surface area contributed by atoms with Crippen LogP contribution in [0.1, 0.15) is 18.4 Å². The van der Waals surface area contributed by atoms with E-state index < -0.39 is 0 Å². The van der Waals surface area contributed by atoms with Crippen LogP contribution in [0.2, 0.25) is 15.1 Å². The summed E-state index contributed by atoms with van der Waals surface area (Å²) in [6.07, 6.45) is 1.90. The van der Waals surface area contributed by atoms with Crippen LogP contribution in [0.4, 0.5) is 5.69 Å². The lowest BCUT2D eigenvalue weighted by molar-refractivity contribution is -0.121. The summed E-state index contributed by atoms with van der Waals surface area (Å²) >= 11 is 17.9. The molecule has 0 aromatic heterocycles. The van der Waals surface area contributed by atoms with Crippen LogP contribution in [-0.4, -0.2) is 23.9 Å². The van der Waals surface area contributed by atoms with Crippen molar-refractivity contribution < 1.29 is 4.79 Å². The number of carbonyl (C=O) groups excluding carboxylic acids is 1. The molecule has 1 amide bonds. The lowest BCUT2D eigenvalue weighted by Crippen LogP contribution is -2.40. The highest BCUT2D eigenvalue weighted by atomic mass is 35.5. The normalized spacial score (nSPS) is 18.1. The minimum absolute atomic E-state index is 0.0270. The number of hydrogen-bond donors (Lipinski definition) is 1. The first kappa shape index (κ1) is 18.5. The minimum atomic E-state index is -0.0319. The number of rotatable bonds is 4. The summed E-state index contributed by atoms with van der Waals surface area (Å²) in [5.41, 5.74) is 1.88. The smallest absolute Gasteiger partial charge is 0.228 e. The fourth-order valence-corrected chi connectivity index (χ4v) is 3.50. The van der Waals surface area contributed by atoms with E-state index in [-0.39, 0.29) is 11.8 Å². The maximum Gasteiger partial charge on any atom is 0.228 e. The first-order valence-electron chi connectivity index (χ1n) is 8.24. The summed E-state index contributed by atoms with van der Waals surface area (Å²) in [5, 5.41) is 4.60. The predicted octanol–water partition coefficient (Wildman–Crippen LogP) is 5.50. The van der Waals surface area contributed by atoms with E-state index in [0.29, 0.717) is 15.7 Å². The number of carbonyl (C=O) groups is 1. The predicted molar refractivity (Wildman–Crippen MR) is 105 cm³/mol. The van der Waals surface area contributed by atoms with Crippen LogP contribution in [0, 0.1) is 5.92 Å². The molecule has 1 saturated heterocycles. The van der Waals surface area contributed by atoms with Crippen LogP contribution in [0.25, 0.3) is 0 Å². The van der Waals surface area contributed by atoms with Crippen molar-refractivity contribution in [3.63, 3.8) is 0 Å². The molecule has 1 aliphatic rings. The van der Waals surface area contributed by atoms with Gasteiger partial charge in [-0.3, -0.25) is 9.69 Å². The molecule has 0 bridgehead atoms. The maximum atomic E-state index is 12.6. The van der Waals surface area contributed by atoms with Gasteiger partial charge in [-0.05, 0) is 55.3 Å². The van der Waals surface area contributed by atoms with Gasteiger partial charge in [0.1, 0.15) is 0 Å². The number of piperidine rings is 1. The van der Waals surface area contributed by atoms with Crippen molar-refractivity contribution in [2.75, 3.05) is 18.4 Å². The third-order valence-electron chi connectivity index (χ3n) is 4.38. The molecule has 2 aromatic rings. The number of amides is 1. The van der Waals surface area contributed by atoms with Crippen molar-refractivity contribution in [2.45, 2.75) is 19.4 Å². The van der Waals surface area contributed by atoms with Crippen LogP contribution in [0.15, 0.2) is 42.5 Å². The number of nitrogens with one attached hydrogen (secondary N) is 1. The average molecular weight is 398 g/mol. The number of halogens is 3. The zero-order valence-electron chi connectivity index (χ0n) is 13.6. The Morgan fingerprint density at radius 1 is 1.08 bits per heavy atom. The second-order valence-corrected chi connectivity index (χ2v) is 7.57. The Labute approximate surface area is 162 Å². The van der Waals surface area contributed by atoms with Gasteiger partial charge in [0.2, 0.25) is 5.91 Å².